The standard InChI is InChI=1S/C12H14N6OS/c1-3-18-6-8(5-14-18)19-10-9-4-7(2)20-11(9)16-12(15-10)17-13/h4-6H,3,13H2,1-2H3,(H,15,16,17). The molecule has 0 aliphatic rings. The van der Waals surface area contributed by atoms with Gasteiger partial charge in [0.05, 0.1) is 17.8 Å². The Balaban J connectivity index is 2.04. The molecule has 0 aliphatic heterocycles. The van der Waals surface area contributed by atoms with Crippen LogP contribution in [0, 0.1) is 6.92 Å². The van der Waals surface area contributed by atoms with Gasteiger partial charge in [-0.1, -0.05) is 0 Å². The SMILES string of the molecule is CCn1cc(Oc2nc(NN)nc3sc(C)cc23)cn1. The first-order valence-corrected chi connectivity index (χ1v) is 6.96. The number of fused-ring (bicyclic) bond motifs is 1. The lowest BCUT2D eigenvalue weighted by Crippen LogP contribution is -2.10. The average Bonchev–Trinajstić information content (AvgIpc) is 3.04. The van der Waals surface area contributed by atoms with Crippen molar-refractivity contribution in [1.29, 1.82) is 0 Å². The molecular formula is C12H14N6OS. The lowest BCUT2D eigenvalue weighted by atomic mass is 10.3. The second-order valence-corrected chi connectivity index (χ2v) is 5.44. The molecule has 0 saturated carbocycles. The molecule has 0 fully saturated rings. The van der Waals surface area contributed by atoms with E-state index in [1.165, 1.54) is 0 Å². The number of hydrogen-bond donors (Lipinski definition) is 2. The summed E-state index contributed by atoms with van der Waals surface area (Å²) < 4.78 is 7.59. The number of aryl methyl sites for hydroxylation is 2. The zero-order valence-electron chi connectivity index (χ0n) is 11.1. The number of hydrogen-bond acceptors (Lipinski definition) is 7. The van der Waals surface area contributed by atoms with Crippen molar-refractivity contribution in [2.45, 2.75) is 20.4 Å². The van der Waals surface area contributed by atoms with Gasteiger partial charge < -0.3 is 4.74 Å². The number of nitrogens with one attached hydrogen (secondary N) is 1. The largest absolute Gasteiger partial charge is 0.435 e. The second kappa shape index (κ2) is 5.06. The van der Waals surface area contributed by atoms with E-state index in [2.05, 4.69) is 20.5 Å². The predicted octanol–water partition coefficient (Wildman–Crippen LogP) is 2.29. The van der Waals surface area contributed by atoms with Crippen molar-refractivity contribution in [3.05, 3.63) is 23.3 Å². The van der Waals surface area contributed by atoms with E-state index in [9.17, 15) is 0 Å². The summed E-state index contributed by atoms with van der Waals surface area (Å²) in [7, 11) is 0. The molecule has 104 valence electrons. The molecule has 3 aromatic heterocycles. The zero-order valence-corrected chi connectivity index (χ0v) is 11.9. The lowest BCUT2D eigenvalue weighted by molar-refractivity contribution is 0.468. The minimum absolute atomic E-state index is 0.331. The first kappa shape index (κ1) is 12.8. The molecule has 20 heavy (non-hydrogen) atoms. The molecule has 7 nitrogen and oxygen atoms in total. The summed E-state index contributed by atoms with van der Waals surface area (Å²) in [5, 5.41) is 5.04. The summed E-state index contributed by atoms with van der Waals surface area (Å²) in [5.74, 6) is 6.84. The Bertz CT molecular complexity index is 750. The molecule has 3 rings (SSSR count). The maximum atomic E-state index is 5.81. The van der Waals surface area contributed by atoms with Crippen molar-refractivity contribution in [2.24, 2.45) is 5.84 Å². The minimum Gasteiger partial charge on any atom is -0.435 e. The van der Waals surface area contributed by atoms with E-state index >= 15 is 0 Å². The van der Waals surface area contributed by atoms with Gasteiger partial charge in [0.25, 0.3) is 0 Å². The minimum atomic E-state index is 0.331. The van der Waals surface area contributed by atoms with Gasteiger partial charge in [0.15, 0.2) is 5.75 Å². The van der Waals surface area contributed by atoms with Gasteiger partial charge in [-0.15, -0.1) is 11.3 Å². The fourth-order valence-corrected chi connectivity index (χ4v) is 2.71. The Kier molecular flexibility index (Phi) is 3.25. The molecular weight excluding hydrogens is 276 g/mol. The highest BCUT2D eigenvalue weighted by atomic mass is 32.1. The molecule has 0 atom stereocenters. The number of nitrogens with zero attached hydrogens (tertiary/aromatic N) is 4. The van der Waals surface area contributed by atoms with Crippen molar-refractivity contribution in [2.75, 3.05) is 5.43 Å². The average molecular weight is 290 g/mol. The molecule has 3 aromatic rings. The normalized spacial score (nSPS) is 10.9. The van der Waals surface area contributed by atoms with Crippen LogP contribution in [0.3, 0.4) is 0 Å². The molecule has 0 radical (unpaired) electrons. The van der Waals surface area contributed by atoms with E-state index in [1.807, 2.05) is 26.1 Å². The number of nitrogen functional groups attached to an aromatic ring is 1. The first-order valence-electron chi connectivity index (χ1n) is 6.14. The number of thiophene rings is 1. The highest BCUT2D eigenvalue weighted by molar-refractivity contribution is 7.18. The van der Waals surface area contributed by atoms with Crippen LogP contribution in [0.1, 0.15) is 11.8 Å². The van der Waals surface area contributed by atoms with Crippen molar-refractivity contribution < 1.29 is 4.74 Å². The predicted molar refractivity (Wildman–Crippen MR) is 77.9 cm³/mol. The quantitative estimate of drug-likeness (QED) is 0.566. The van der Waals surface area contributed by atoms with E-state index in [-0.39, 0.29) is 0 Å². The van der Waals surface area contributed by atoms with E-state index in [0.29, 0.717) is 17.6 Å². The van der Waals surface area contributed by atoms with Gasteiger partial charge in [-0.25, -0.2) is 10.8 Å². The lowest BCUT2D eigenvalue weighted by Gasteiger charge is -2.05. The monoisotopic (exact) mass is 290 g/mol. The van der Waals surface area contributed by atoms with Crippen LogP contribution < -0.4 is 16.0 Å². The van der Waals surface area contributed by atoms with Crippen LogP contribution in [-0.4, -0.2) is 19.7 Å². The van der Waals surface area contributed by atoms with Crippen LogP contribution >= 0.6 is 11.3 Å². The number of anilines is 1. The summed E-state index contributed by atoms with van der Waals surface area (Å²) >= 11 is 1.57. The third-order valence-electron chi connectivity index (χ3n) is 2.76. The molecule has 0 amide bonds. The Morgan fingerprint density at radius 3 is 3.00 bits per heavy atom. The van der Waals surface area contributed by atoms with Gasteiger partial charge in [0.2, 0.25) is 11.8 Å². The zero-order chi connectivity index (χ0) is 14.1. The smallest absolute Gasteiger partial charge is 0.241 e. The Morgan fingerprint density at radius 2 is 2.30 bits per heavy atom. The van der Waals surface area contributed by atoms with Gasteiger partial charge in [0, 0.05) is 11.4 Å². The highest BCUT2D eigenvalue weighted by Crippen LogP contribution is 2.33. The van der Waals surface area contributed by atoms with Crippen LogP contribution in [0.25, 0.3) is 10.2 Å². The Morgan fingerprint density at radius 1 is 1.45 bits per heavy atom. The van der Waals surface area contributed by atoms with Gasteiger partial charge in [-0.05, 0) is 19.9 Å². The summed E-state index contributed by atoms with van der Waals surface area (Å²) in [5.41, 5.74) is 2.45. The molecule has 0 saturated heterocycles. The number of ether oxygens (including phenoxy) is 1. The van der Waals surface area contributed by atoms with Gasteiger partial charge in [-0.2, -0.15) is 10.1 Å². The van der Waals surface area contributed by atoms with Gasteiger partial charge in [-0.3, -0.25) is 10.1 Å². The third kappa shape index (κ3) is 2.30. The number of nitrogens with two attached hydrogens (primary N) is 1. The van der Waals surface area contributed by atoms with Crippen LogP contribution in [0.2, 0.25) is 0 Å². The van der Waals surface area contributed by atoms with Gasteiger partial charge >= 0.3 is 0 Å². The molecule has 0 spiro atoms. The molecule has 3 heterocycles. The molecule has 0 aromatic carbocycles. The maximum absolute atomic E-state index is 5.81. The summed E-state index contributed by atoms with van der Waals surface area (Å²) in [4.78, 5) is 10.5. The van der Waals surface area contributed by atoms with Crippen LogP contribution in [0.4, 0.5) is 5.95 Å². The second-order valence-electron chi connectivity index (χ2n) is 4.21. The van der Waals surface area contributed by atoms with Crippen molar-refractivity contribution in [3.8, 4) is 11.6 Å². The topological polar surface area (TPSA) is 90.9 Å². The van der Waals surface area contributed by atoms with E-state index in [1.54, 1.807) is 22.2 Å². The van der Waals surface area contributed by atoms with Gasteiger partial charge in [0.1, 0.15) is 4.83 Å². The molecule has 0 bridgehead atoms. The molecule has 8 heteroatoms. The molecule has 0 unspecified atom stereocenters. The molecule has 3 N–H and O–H groups in total. The summed E-state index contributed by atoms with van der Waals surface area (Å²) in [6.07, 6.45) is 3.48. The van der Waals surface area contributed by atoms with Crippen LogP contribution in [-0.2, 0) is 6.54 Å². The van der Waals surface area contributed by atoms with E-state index in [4.69, 9.17) is 10.6 Å². The van der Waals surface area contributed by atoms with E-state index in [0.717, 1.165) is 21.6 Å². The number of aromatic nitrogens is 4. The fraction of sp³-hybridized carbons (Fsp3) is 0.250. The first-order chi connectivity index (χ1) is 9.69. The van der Waals surface area contributed by atoms with E-state index < -0.39 is 0 Å². The highest BCUT2D eigenvalue weighted by Gasteiger charge is 2.13. The Labute approximate surface area is 119 Å². The van der Waals surface area contributed by atoms with Crippen molar-refractivity contribution in [1.82, 2.24) is 19.7 Å². The third-order valence-corrected chi connectivity index (χ3v) is 3.70. The van der Waals surface area contributed by atoms with Crippen LogP contribution in [0.5, 0.6) is 11.6 Å². The van der Waals surface area contributed by atoms with Crippen molar-refractivity contribution in [3.63, 3.8) is 0 Å². The fourth-order valence-electron chi connectivity index (χ4n) is 1.84. The summed E-state index contributed by atoms with van der Waals surface area (Å²) in [6.45, 7) is 4.81. The summed E-state index contributed by atoms with van der Waals surface area (Å²) in [6, 6.07) is 2.00. The number of hydrazine groups is 1. The van der Waals surface area contributed by atoms with Crippen molar-refractivity contribution >= 4 is 27.5 Å². The number of rotatable bonds is 4. The maximum Gasteiger partial charge on any atom is 0.241 e. The Hall–Kier alpha value is -2.19. The molecule has 0 aliphatic carbocycles. The van der Waals surface area contributed by atoms with Crippen LogP contribution in [0.15, 0.2) is 18.5 Å².